The summed E-state index contributed by atoms with van der Waals surface area (Å²) in [6.07, 6.45) is 3.93. The zero-order valence-corrected chi connectivity index (χ0v) is 10.2. The van der Waals surface area contributed by atoms with Crippen LogP contribution in [0.25, 0.3) is 0 Å². The molecule has 0 aromatic carbocycles. The quantitative estimate of drug-likeness (QED) is 0.824. The van der Waals surface area contributed by atoms with Crippen LogP contribution < -0.4 is 5.32 Å². The Morgan fingerprint density at radius 1 is 1.44 bits per heavy atom. The number of nitrogens with one attached hydrogen (secondary N) is 1. The van der Waals surface area contributed by atoms with Crippen LogP contribution in [0.5, 0.6) is 0 Å². The fourth-order valence-corrected chi connectivity index (χ4v) is 1.63. The standard InChI is InChI=1S/C13H19N3/c1-4-10(2)7-11(3)16-13-6-5-12(8-14)9-15-13/h5-6,9-11H,4,7H2,1-3H3,(H,15,16). The fourth-order valence-electron chi connectivity index (χ4n) is 1.63. The lowest BCUT2D eigenvalue weighted by molar-refractivity contribution is 0.483. The first kappa shape index (κ1) is 12.5. The maximum atomic E-state index is 8.65. The average molecular weight is 217 g/mol. The second-order valence-electron chi connectivity index (χ2n) is 4.34. The molecule has 0 bridgehead atoms. The largest absolute Gasteiger partial charge is 0.368 e. The molecule has 1 aromatic heterocycles. The Bertz CT molecular complexity index is 350. The van der Waals surface area contributed by atoms with Gasteiger partial charge < -0.3 is 5.32 Å². The summed E-state index contributed by atoms with van der Waals surface area (Å²) in [5, 5.41) is 12.0. The molecule has 0 aliphatic heterocycles. The van der Waals surface area contributed by atoms with Crippen molar-refractivity contribution in [3.63, 3.8) is 0 Å². The third-order valence-electron chi connectivity index (χ3n) is 2.74. The van der Waals surface area contributed by atoms with Gasteiger partial charge in [-0.15, -0.1) is 0 Å². The molecule has 1 aromatic rings. The first-order valence-electron chi connectivity index (χ1n) is 5.78. The molecule has 1 N–H and O–H groups in total. The maximum Gasteiger partial charge on any atom is 0.126 e. The van der Waals surface area contributed by atoms with Crippen LogP contribution in [0.2, 0.25) is 0 Å². The van der Waals surface area contributed by atoms with Crippen molar-refractivity contribution in [3.05, 3.63) is 23.9 Å². The Labute approximate surface area is 97.5 Å². The van der Waals surface area contributed by atoms with Crippen molar-refractivity contribution in [2.45, 2.75) is 39.7 Å². The fraction of sp³-hybridized carbons (Fsp3) is 0.538. The Morgan fingerprint density at radius 3 is 2.69 bits per heavy atom. The van der Waals surface area contributed by atoms with Crippen LogP contribution in [0.3, 0.4) is 0 Å². The normalized spacial score (nSPS) is 13.9. The van der Waals surface area contributed by atoms with E-state index in [2.05, 4.69) is 37.1 Å². The Morgan fingerprint density at radius 2 is 2.19 bits per heavy atom. The van der Waals surface area contributed by atoms with E-state index in [9.17, 15) is 0 Å². The van der Waals surface area contributed by atoms with E-state index >= 15 is 0 Å². The zero-order valence-electron chi connectivity index (χ0n) is 10.2. The smallest absolute Gasteiger partial charge is 0.126 e. The van der Waals surface area contributed by atoms with E-state index in [1.165, 1.54) is 6.42 Å². The van der Waals surface area contributed by atoms with Gasteiger partial charge >= 0.3 is 0 Å². The molecule has 0 saturated carbocycles. The van der Waals surface area contributed by atoms with Crippen LogP contribution in [0.4, 0.5) is 5.82 Å². The summed E-state index contributed by atoms with van der Waals surface area (Å²) < 4.78 is 0. The summed E-state index contributed by atoms with van der Waals surface area (Å²) in [7, 11) is 0. The second kappa shape index (κ2) is 6.12. The number of anilines is 1. The summed E-state index contributed by atoms with van der Waals surface area (Å²) in [4.78, 5) is 4.19. The monoisotopic (exact) mass is 217 g/mol. The van der Waals surface area contributed by atoms with Crippen molar-refractivity contribution in [1.82, 2.24) is 4.98 Å². The van der Waals surface area contributed by atoms with Crippen molar-refractivity contribution in [2.24, 2.45) is 5.92 Å². The highest BCUT2D eigenvalue weighted by atomic mass is 15.0. The average Bonchev–Trinajstić information content (AvgIpc) is 2.29. The van der Waals surface area contributed by atoms with Gasteiger partial charge in [0.05, 0.1) is 5.56 Å². The number of hydrogen-bond donors (Lipinski definition) is 1. The van der Waals surface area contributed by atoms with Crippen molar-refractivity contribution in [3.8, 4) is 6.07 Å². The molecule has 1 heterocycles. The zero-order chi connectivity index (χ0) is 12.0. The third-order valence-corrected chi connectivity index (χ3v) is 2.74. The summed E-state index contributed by atoms with van der Waals surface area (Å²) in [6.45, 7) is 6.62. The summed E-state index contributed by atoms with van der Waals surface area (Å²) >= 11 is 0. The van der Waals surface area contributed by atoms with E-state index in [1.807, 2.05) is 6.07 Å². The van der Waals surface area contributed by atoms with Crippen molar-refractivity contribution >= 4 is 5.82 Å². The molecular weight excluding hydrogens is 198 g/mol. The predicted octanol–water partition coefficient (Wildman–Crippen LogP) is 3.19. The first-order valence-corrected chi connectivity index (χ1v) is 5.78. The molecule has 3 heteroatoms. The molecule has 0 spiro atoms. The Kier molecular flexibility index (Phi) is 4.78. The highest BCUT2D eigenvalue weighted by molar-refractivity contribution is 5.39. The molecular formula is C13H19N3. The van der Waals surface area contributed by atoms with Crippen LogP contribution >= 0.6 is 0 Å². The third kappa shape index (κ3) is 3.90. The highest BCUT2D eigenvalue weighted by Crippen LogP contribution is 2.13. The number of nitrogens with zero attached hydrogens (tertiary/aromatic N) is 2. The molecule has 1 rings (SSSR count). The molecule has 0 saturated heterocycles. The highest BCUT2D eigenvalue weighted by Gasteiger charge is 2.07. The van der Waals surface area contributed by atoms with E-state index in [0.717, 1.165) is 18.2 Å². The van der Waals surface area contributed by atoms with Crippen LogP contribution in [-0.4, -0.2) is 11.0 Å². The SMILES string of the molecule is CCC(C)CC(C)Nc1ccc(C#N)cn1. The number of aromatic nitrogens is 1. The van der Waals surface area contributed by atoms with Gasteiger partial charge in [0, 0.05) is 12.2 Å². The van der Waals surface area contributed by atoms with Crippen molar-refractivity contribution < 1.29 is 0 Å². The molecule has 2 atom stereocenters. The summed E-state index contributed by atoms with van der Waals surface area (Å²) in [5.41, 5.74) is 0.597. The molecule has 16 heavy (non-hydrogen) atoms. The Hall–Kier alpha value is -1.56. The van der Waals surface area contributed by atoms with Gasteiger partial charge in [0.25, 0.3) is 0 Å². The van der Waals surface area contributed by atoms with Gasteiger partial charge in [-0.3, -0.25) is 0 Å². The van der Waals surface area contributed by atoms with Crippen LogP contribution in [0.1, 0.15) is 39.2 Å². The lowest BCUT2D eigenvalue weighted by Crippen LogP contribution is -2.18. The van der Waals surface area contributed by atoms with E-state index < -0.39 is 0 Å². The predicted molar refractivity (Wildman–Crippen MR) is 66.1 cm³/mol. The van der Waals surface area contributed by atoms with Gasteiger partial charge in [-0.05, 0) is 31.4 Å². The topological polar surface area (TPSA) is 48.7 Å². The van der Waals surface area contributed by atoms with E-state index in [-0.39, 0.29) is 0 Å². The van der Waals surface area contributed by atoms with E-state index in [1.54, 1.807) is 12.3 Å². The second-order valence-corrected chi connectivity index (χ2v) is 4.34. The van der Waals surface area contributed by atoms with Gasteiger partial charge in [-0.2, -0.15) is 5.26 Å². The van der Waals surface area contributed by atoms with Crippen molar-refractivity contribution in [1.29, 1.82) is 5.26 Å². The van der Waals surface area contributed by atoms with E-state index in [0.29, 0.717) is 11.6 Å². The molecule has 86 valence electrons. The number of rotatable bonds is 5. The van der Waals surface area contributed by atoms with Gasteiger partial charge in [-0.1, -0.05) is 20.3 Å². The van der Waals surface area contributed by atoms with Gasteiger partial charge in [-0.25, -0.2) is 4.98 Å². The maximum absolute atomic E-state index is 8.65. The van der Waals surface area contributed by atoms with Crippen LogP contribution in [0.15, 0.2) is 18.3 Å². The number of pyridine rings is 1. The lowest BCUT2D eigenvalue weighted by atomic mass is 10.0. The number of nitriles is 1. The Balaban J connectivity index is 2.50. The molecule has 2 unspecified atom stereocenters. The molecule has 0 aliphatic rings. The summed E-state index contributed by atoms with van der Waals surface area (Å²) in [5.74, 6) is 1.57. The molecule has 0 aliphatic carbocycles. The van der Waals surface area contributed by atoms with Gasteiger partial charge in [0.2, 0.25) is 0 Å². The first-order chi connectivity index (χ1) is 7.65. The molecule has 0 fully saturated rings. The van der Waals surface area contributed by atoms with Gasteiger partial charge in [0.1, 0.15) is 11.9 Å². The minimum Gasteiger partial charge on any atom is -0.368 e. The minimum atomic E-state index is 0.412. The van der Waals surface area contributed by atoms with Crippen LogP contribution in [-0.2, 0) is 0 Å². The van der Waals surface area contributed by atoms with Gasteiger partial charge in [0.15, 0.2) is 0 Å². The number of hydrogen-bond acceptors (Lipinski definition) is 3. The molecule has 0 amide bonds. The lowest BCUT2D eigenvalue weighted by Gasteiger charge is -2.17. The minimum absolute atomic E-state index is 0.412. The van der Waals surface area contributed by atoms with Crippen molar-refractivity contribution in [2.75, 3.05) is 5.32 Å². The van der Waals surface area contributed by atoms with Crippen LogP contribution in [0, 0.1) is 17.2 Å². The molecule has 3 nitrogen and oxygen atoms in total. The van der Waals surface area contributed by atoms with E-state index in [4.69, 9.17) is 5.26 Å². The molecule has 0 radical (unpaired) electrons. The summed E-state index contributed by atoms with van der Waals surface area (Å²) in [6, 6.07) is 6.11.